The van der Waals surface area contributed by atoms with Crippen LogP contribution in [0.25, 0.3) is 0 Å². The van der Waals surface area contributed by atoms with Gasteiger partial charge >= 0.3 is 17.9 Å². The molecule has 0 unspecified atom stereocenters. The molecule has 0 aliphatic rings. The maximum atomic E-state index is 12.8. The van der Waals surface area contributed by atoms with Crippen molar-refractivity contribution in [3.63, 3.8) is 0 Å². The van der Waals surface area contributed by atoms with E-state index in [0.29, 0.717) is 19.3 Å². The minimum atomic E-state index is -0.797. The number of carbonyl (C=O) groups is 3. The van der Waals surface area contributed by atoms with E-state index >= 15 is 0 Å². The summed E-state index contributed by atoms with van der Waals surface area (Å²) in [4.78, 5) is 38.0. The Morgan fingerprint density at radius 3 is 1.00 bits per heavy atom. The minimum Gasteiger partial charge on any atom is -0.462 e. The molecule has 0 aromatic carbocycles. The van der Waals surface area contributed by atoms with Crippen molar-refractivity contribution in [1.82, 2.24) is 0 Å². The van der Waals surface area contributed by atoms with Gasteiger partial charge in [-0.3, -0.25) is 14.4 Å². The van der Waals surface area contributed by atoms with Gasteiger partial charge in [-0.25, -0.2) is 0 Å². The molecule has 0 N–H and O–H groups in total. The van der Waals surface area contributed by atoms with Crippen LogP contribution in [0.5, 0.6) is 0 Å². The van der Waals surface area contributed by atoms with Crippen molar-refractivity contribution < 1.29 is 28.6 Å². The van der Waals surface area contributed by atoms with Crippen LogP contribution >= 0.6 is 0 Å². The average molecular weight is 907 g/mol. The summed E-state index contributed by atoms with van der Waals surface area (Å²) in [6, 6.07) is 0. The second-order valence-electron chi connectivity index (χ2n) is 18.1. The second kappa shape index (κ2) is 53.5. The third-order valence-electron chi connectivity index (χ3n) is 11.7. The lowest BCUT2D eigenvalue weighted by Crippen LogP contribution is -2.30. The first-order chi connectivity index (χ1) is 32.0. The van der Waals surface area contributed by atoms with Gasteiger partial charge in [-0.2, -0.15) is 0 Å². The van der Waals surface area contributed by atoms with E-state index in [4.69, 9.17) is 14.2 Å². The summed E-state index contributed by atoms with van der Waals surface area (Å²) < 4.78 is 16.8. The van der Waals surface area contributed by atoms with Crippen LogP contribution in [0.15, 0.2) is 72.9 Å². The van der Waals surface area contributed by atoms with Gasteiger partial charge in [0.2, 0.25) is 0 Å². The lowest BCUT2D eigenvalue weighted by atomic mass is 10.1. The average Bonchev–Trinajstić information content (AvgIpc) is 3.30. The van der Waals surface area contributed by atoms with Crippen molar-refractivity contribution in [2.45, 2.75) is 271 Å². The van der Waals surface area contributed by atoms with E-state index in [1.807, 2.05) is 0 Å². The van der Waals surface area contributed by atoms with Crippen molar-refractivity contribution in [2.75, 3.05) is 13.2 Å². The van der Waals surface area contributed by atoms with E-state index < -0.39 is 6.10 Å². The second-order valence-corrected chi connectivity index (χ2v) is 18.1. The smallest absolute Gasteiger partial charge is 0.306 e. The molecule has 0 rings (SSSR count). The molecule has 0 aromatic rings. The molecule has 6 nitrogen and oxygen atoms in total. The molecule has 0 radical (unpaired) electrons. The lowest BCUT2D eigenvalue weighted by molar-refractivity contribution is -0.167. The van der Waals surface area contributed by atoms with Crippen LogP contribution in [0.1, 0.15) is 265 Å². The van der Waals surface area contributed by atoms with E-state index in [2.05, 4.69) is 93.7 Å². The van der Waals surface area contributed by atoms with Crippen molar-refractivity contribution in [3.05, 3.63) is 72.9 Å². The largest absolute Gasteiger partial charge is 0.462 e. The van der Waals surface area contributed by atoms with Gasteiger partial charge in [0.25, 0.3) is 0 Å². The summed E-state index contributed by atoms with van der Waals surface area (Å²) in [5, 5.41) is 0. The molecular formula is C59H102O6. The summed E-state index contributed by atoms with van der Waals surface area (Å²) in [7, 11) is 0. The van der Waals surface area contributed by atoms with Crippen LogP contribution in [0.4, 0.5) is 0 Å². The highest BCUT2D eigenvalue weighted by Crippen LogP contribution is 2.15. The molecule has 0 spiro atoms. The zero-order valence-corrected chi connectivity index (χ0v) is 42.7. The first-order valence-corrected chi connectivity index (χ1v) is 27.4. The van der Waals surface area contributed by atoms with Gasteiger partial charge in [0, 0.05) is 19.3 Å². The fourth-order valence-electron chi connectivity index (χ4n) is 7.54. The highest BCUT2D eigenvalue weighted by molar-refractivity contribution is 5.71. The Kier molecular flexibility index (Phi) is 50.9. The fraction of sp³-hybridized carbons (Fsp3) is 0.746. The molecule has 0 heterocycles. The van der Waals surface area contributed by atoms with E-state index in [-0.39, 0.29) is 31.1 Å². The van der Waals surface area contributed by atoms with Crippen LogP contribution in [0.3, 0.4) is 0 Å². The molecule has 374 valence electrons. The monoisotopic (exact) mass is 907 g/mol. The van der Waals surface area contributed by atoms with Crippen molar-refractivity contribution in [3.8, 4) is 0 Å². The highest BCUT2D eigenvalue weighted by atomic mass is 16.6. The predicted molar refractivity (Wildman–Crippen MR) is 279 cm³/mol. The first-order valence-electron chi connectivity index (χ1n) is 27.4. The van der Waals surface area contributed by atoms with Gasteiger partial charge in [0.15, 0.2) is 6.10 Å². The summed E-state index contributed by atoms with van der Waals surface area (Å²) in [5.41, 5.74) is 0. The molecule has 65 heavy (non-hydrogen) atoms. The van der Waals surface area contributed by atoms with Gasteiger partial charge < -0.3 is 14.2 Å². The van der Waals surface area contributed by atoms with Gasteiger partial charge in [0.1, 0.15) is 13.2 Å². The van der Waals surface area contributed by atoms with E-state index in [1.165, 1.54) is 128 Å². The van der Waals surface area contributed by atoms with Crippen LogP contribution in [-0.2, 0) is 28.6 Å². The van der Waals surface area contributed by atoms with Crippen LogP contribution < -0.4 is 0 Å². The molecular weight excluding hydrogens is 805 g/mol. The van der Waals surface area contributed by atoms with Crippen LogP contribution in [-0.4, -0.2) is 37.2 Å². The molecule has 1 atom stereocenters. The Labute approximate surface area is 402 Å². The standard InChI is InChI=1S/C59H102O6/c1-4-7-10-13-16-19-22-25-27-28-29-30-32-35-37-40-43-46-49-52-58(61)64-55-56(65-59(62)53-50-47-44-41-38-33-24-21-18-15-12-9-6-3)54-63-57(60)51-48-45-42-39-36-34-31-26-23-20-17-14-11-8-5-2/h8,11,17,20-21,24-27,31,36,39,56H,4-7,9-10,12-16,18-19,22-23,28-30,32-35,37-38,40-55H2,1-3H3/b11-8-,20-17-,24-21-,27-25-,31-26-,39-36-/t56-/m1/s1. The number of hydrogen-bond acceptors (Lipinski definition) is 6. The normalized spacial score (nSPS) is 12.6. The van der Waals surface area contributed by atoms with Crippen molar-refractivity contribution in [1.29, 1.82) is 0 Å². The van der Waals surface area contributed by atoms with Gasteiger partial charge in [-0.15, -0.1) is 0 Å². The fourth-order valence-corrected chi connectivity index (χ4v) is 7.54. The van der Waals surface area contributed by atoms with Crippen LogP contribution in [0.2, 0.25) is 0 Å². The SMILES string of the molecule is CC/C=C\C/C=C\C/C=C\C/C=C\CCCCC(=O)OC[C@H](COC(=O)CCCCCCCCCCC/C=C\CCCCCCCC)OC(=O)CCCCCCC/C=C\CCCCCC. The van der Waals surface area contributed by atoms with Crippen molar-refractivity contribution >= 4 is 17.9 Å². The predicted octanol–water partition coefficient (Wildman–Crippen LogP) is 18.2. The third-order valence-corrected chi connectivity index (χ3v) is 11.7. The zero-order valence-electron chi connectivity index (χ0n) is 42.7. The number of allylic oxidation sites excluding steroid dienone is 12. The van der Waals surface area contributed by atoms with E-state index in [9.17, 15) is 14.4 Å². The number of hydrogen-bond donors (Lipinski definition) is 0. The Bertz CT molecular complexity index is 1230. The van der Waals surface area contributed by atoms with Crippen LogP contribution in [0, 0.1) is 0 Å². The molecule has 0 aliphatic carbocycles. The Balaban J connectivity index is 4.41. The topological polar surface area (TPSA) is 78.9 Å². The Hall–Kier alpha value is -3.15. The molecule has 0 aromatic heterocycles. The molecule has 0 aliphatic heterocycles. The van der Waals surface area contributed by atoms with Crippen molar-refractivity contribution in [2.24, 2.45) is 0 Å². The Morgan fingerprint density at radius 1 is 0.323 bits per heavy atom. The molecule has 0 saturated heterocycles. The van der Waals surface area contributed by atoms with Gasteiger partial charge in [-0.1, -0.05) is 209 Å². The lowest BCUT2D eigenvalue weighted by Gasteiger charge is -2.18. The maximum absolute atomic E-state index is 12.8. The summed E-state index contributed by atoms with van der Waals surface area (Å²) in [6.45, 7) is 6.47. The molecule has 0 fully saturated rings. The molecule has 0 amide bonds. The quantitative estimate of drug-likeness (QED) is 0.0262. The number of carbonyl (C=O) groups excluding carboxylic acids is 3. The minimum absolute atomic E-state index is 0.0925. The Morgan fingerprint density at radius 2 is 0.600 bits per heavy atom. The van der Waals surface area contributed by atoms with Gasteiger partial charge in [-0.05, 0) is 109 Å². The molecule has 0 bridgehead atoms. The third kappa shape index (κ3) is 51.7. The molecule has 0 saturated carbocycles. The maximum Gasteiger partial charge on any atom is 0.306 e. The number of unbranched alkanes of at least 4 members (excludes halogenated alkanes) is 26. The zero-order chi connectivity index (χ0) is 47.2. The van der Waals surface area contributed by atoms with E-state index in [1.54, 1.807) is 0 Å². The number of esters is 3. The summed E-state index contributed by atoms with van der Waals surface area (Å²) in [6.07, 6.45) is 67.5. The van der Waals surface area contributed by atoms with Gasteiger partial charge in [0.05, 0.1) is 0 Å². The number of ether oxygens (including phenoxy) is 3. The number of rotatable bonds is 49. The summed E-state index contributed by atoms with van der Waals surface area (Å²) in [5.74, 6) is -0.942. The first kappa shape index (κ1) is 61.9. The summed E-state index contributed by atoms with van der Waals surface area (Å²) >= 11 is 0. The molecule has 6 heteroatoms. The van der Waals surface area contributed by atoms with E-state index in [0.717, 1.165) is 96.3 Å². The highest BCUT2D eigenvalue weighted by Gasteiger charge is 2.19.